The highest BCUT2D eigenvalue weighted by Crippen LogP contribution is 2.23. The van der Waals surface area contributed by atoms with E-state index in [1.54, 1.807) is 7.11 Å². The van der Waals surface area contributed by atoms with Crippen LogP contribution in [-0.4, -0.2) is 47.2 Å². The second-order valence-corrected chi connectivity index (χ2v) is 16.9. The molecule has 28 heavy (non-hydrogen) atoms. The summed E-state index contributed by atoms with van der Waals surface area (Å²) in [6.07, 6.45) is 1.81. The minimum Gasteiger partial charge on any atom is -0.598 e. The summed E-state index contributed by atoms with van der Waals surface area (Å²) in [5.74, 6) is 0. The SMILES string of the molecule is COC[C@@H](N[S+]([O-])C(C)(C)C)c1ccc2c(c1)ncn2COCC[Si](C)(C)C. The van der Waals surface area contributed by atoms with E-state index in [0.717, 1.165) is 29.2 Å². The molecule has 1 heterocycles. The maximum Gasteiger partial charge on any atom is 0.136 e. The lowest BCUT2D eigenvalue weighted by atomic mass is 10.1. The number of aromatic nitrogens is 2. The first-order chi connectivity index (χ1) is 13.0. The van der Waals surface area contributed by atoms with Crippen molar-refractivity contribution in [2.24, 2.45) is 0 Å². The molecule has 0 spiro atoms. The Morgan fingerprint density at radius 3 is 2.61 bits per heavy atom. The minimum absolute atomic E-state index is 0.160. The first-order valence-electron chi connectivity index (χ1n) is 9.71. The van der Waals surface area contributed by atoms with Crippen LogP contribution in [0, 0.1) is 0 Å². The maximum atomic E-state index is 12.5. The van der Waals surface area contributed by atoms with Gasteiger partial charge in [-0.1, -0.05) is 25.7 Å². The molecule has 1 unspecified atom stereocenters. The molecule has 0 amide bonds. The molecular formula is C20H35N3O3SSi. The second-order valence-electron chi connectivity index (χ2n) is 9.32. The molecule has 1 aromatic carbocycles. The van der Waals surface area contributed by atoms with Crippen molar-refractivity contribution in [2.45, 2.75) is 64.0 Å². The van der Waals surface area contributed by atoms with Crippen molar-refractivity contribution in [1.29, 1.82) is 0 Å². The van der Waals surface area contributed by atoms with E-state index in [9.17, 15) is 4.55 Å². The maximum absolute atomic E-state index is 12.5. The van der Waals surface area contributed by atoms with Gasteiger partial charge in [0.15, 0.2) is 0 Å². The molecule has 1 aromatic heterocycles. The predicted octanol–water partition coefficient (Wildman–Crippen LogP) is 4.09. The average Bonchev–Trinajstić information content (AvgIpc) is 2.99. The molecule has 1 N–H and O–H groups in total. The molecule has 0 radical (unpaired) electrons. The number of hydrogen-bond donors (Lipinski definition) is 1. The van der Waals surface area contributed by atoms with E-state index in [2.05, 4.69) is 29.3 Å². The summed E-state index contributed by atoms with van der Waals surface area (Å²) >= 11 is -1.18. The number of imidazole rings is 1. The Labute approximate surface area is 173 Å². The van der Waals surface area contributed by atoms with Crippen LogP contribution < -0.4 is 4.72 Å². The molecule has 0 saturated heterocycles. The number of ether oxygens (including phenoxy) is 2. The van der Waals surface area contributed by atoms with Crippen LogP contribution in [0.1, 0.15) is 32.4 Å². The molecule has 158 valence electrons. The zero-order valence-electron chi connectivity index (χ0n) is 18.2. The highest BCUT2D eigenvalue weighted by Gasteiger charge is 2.30. The van der Waals surface area contributed by atoms with Crippen molar-refractivity contribution in [3.05, 3.63) is 30.1 Å². The summed E-state index contributed by atoms with van der Waals surface area (Å²) in [5, 5.41) is 0. The Morgan fingerprint density at radius 2 is 2.00 bits per heavy atom. The summed E-state index contributed by atoms with van der Waals surface area (Å²) in [4.78, 5) is 4.52. The predicted molar refractivity (Wildman–Crippen MR) is 119 cm³/mol. The fourth-order valence-corrected chi connectivity index (χ4v) is 4.19. The van der Waals surface area contributed by atoms with Gasteiger partial charge >= 0.3 is 0 Å². The summed E-state index contributed by atoms with van der Waals surface area (Å²) in [5.41, 5.74) is 2.94. The number of rotatable bonds is 10. The standard InChI is InChI=1S/C20H35N3O3SSi/c1-20(2,3)27(24)22-18(13-25-4)16-8-9-19-17(12-16)21-14-23(19)15-26-10-11-28(5,6)7/h8-9,12,14,18,22H,10-11,13,15H2,1-7H3/t18-,27?/m1/s1. The molecule has 2 aromatic rings. The molecule has 0 aliphatic carbocycles. The van der Waals surface area contributed by atoms with Crippen molar-refractivity contribution >= 4 is 30.5 Å². The van der Waals surface area contributed by atoms with Crippen molar-refractivity contribution in [3.8, 4) is 0 Å². The van der Waals surface area contributed by atoms with E-state index in [1.807, 2.05) is 49.9 Å². The van der Waals surface area contributed by atoms with Gasteiger partial charge in [0.05, 0.1) is 24.0 Å². The highest BCUT2D eigenvalue weighted by atomic mass is 32.2. The second kappa shape index (κ2) is 9.73. The van der Waals surface area contributed by atoms with E-state index in [0.29, 0.717) is 13.3 Å². The van der Waals surface area contributed by atoms with Crippen LogP contribution in [-0.2, 0) is 27.6 Å². The van der Waals surface area contributed by atoms with Gasteiger partial charge in [0.2, 0.25) is 0 Å². The molecule has 8 heteroatoms. The fraction of sp³-hybridized carbons (Fsp3) is 0.650. The minimum atomic E-state index is -1.18. The monoisotopic (exact) mass is 425 g/mol. The van der Waals surface area contributed by atoms with Crippen LogP contribution in [0.15, 0.2) is 24.5 Å². The molecular weight excluding hydrogens is 390 g/mol. The molecule has 0 fully saturated rings. The van der Waals surface area contributed by atoms with E-state index in [4.69, 9.17) is 9.47 Å². The van der Waals surface area contributed by atoms with E-state index < -0.39 is 19.4 Å². The van der Waals surface area contributed by atoms with Gasteiger partial charge < -0.3 is 18.6 Å². The van der Waals surface area contributed by atoms with Gasteiger partial charge in [0, 0.05) is 33.2 Å². The third-order valence-electron chi connectivity index (χ3n) is 4.41. The van der Waals surface area contributed by atoms with Crippen LogP contribution in [0.3, 0.4) is 0 Å². The largest absolute Gasteiger partial charge is 0.598 e. The van der Waals surface area contributed by atoms with Gasteiger partial charge in [-0.3, -0.25) is 0 Å². The third kappa shape index (κ3) is 6.86. The number of methoxy groups -OCH3 is 1. The summed E-state index contributed by atoms with van der Waals surface area (Å²) < 4.78 is 28.6. The van der Waals surface area contributed by atoms with Crippen LogP contribution >= 0.6 is 0 Å². The lowest BCUT2D eigenvalue weighted by Crippen LogP contribution is -2.42. The van der Waals surface area contributed by atoms with Crippen molar-refractivity contribution in [3.63, 3.8) is 0 Å². The topological polar surface area (TPSA) is 71.4 Å². The van der Waals surface area contributed by atoms with E-state index in [-0.39, 0.29) is 10.8 Å². The zero-order chi connectivity index (χ0) is 20.9. The summed E-state index contributed by atoms with van der Waals surface area (Å²) in [7, 11) is 0.571. The Kier molecular flexibility index (Phi) is 8.13. The van der Waals surface area contributed by atoms with Crippen molar-refractivity contribution in [1.82, 2.24) is 14.3 Å². The quantitative estimate of drug-likeness (QED) is 0.353. The number of hydrogen-bond acceptors (Lipinski definition) is 5. The third-order valence-corrected chi connectivity index (χ3v) is 7.73. The normalized spacial score (nSPS) is 15.1. The molecule has 2 rings (SSSR count). The summed E-state index contributed by atoms with van der Waals surface area (Å²) in [6, 6.07) is 7.11. The van der Waals surface area contributed by atoms with Crippen LogP contribution in [0.4, 0.5) is 0 Å². The fourth-order valence-electron chi connectivity index (χ4n) is 2.61. The Balaban J connectivity index is 2.10. The molecule has 0 saturated carbocycles. The number of fused-ring (bicyclic) bond motifs is 1. The van der Waals surface area contributed by atoms with E-state index >= 15 is 0 Å². The number of nitrogens with one attached hydrogen (secondary N) is 1. The summed E-state index contributed by atoms with van der Waals surface area (Å²) in [6.45, 7) is 14.6. The average molecular weight is 426 g/mol. The number of nitrogens with zero attached hydrogens (tertiary/aromatic N) is 2. The van der Waals surface area contributed by atoms with Gasteiger partial charge in [-0.15, -0.1) is 4.72 Å². The van der Waals surface area contributed by atoms with Gasteiger partial charge in [-0.25, -0.2) is 4.98 Å². The van der Waals surface area contributed by atoms with Crippen LogP contribution in [0.5, 0.6) is 0 Å². The van der Waals surface area contributed by atoms with E-state index in [1.165, 1.54) is 0 Å². The van der Waals surface area contributed by atoms with Gasteiger partial charge in [0.25, 0.3) is 0 Å². The van der Waals surface area contributed by atoms with Gasteiger partial charge in [-0.05, 0) is 44.5 Å². The highest BCUT2D eigenvalue weighted by molar-refractivity contribution is 7.90. The molecule has 0 aliphatic rings. The molecule has 0 aliphatic heterocycles. The first-order valence-corrected chi connectivity index (χ1v) is 14.6. The van der Waals surface area contributed by atoms with Crippen LogP contribution in [0.2, 0.25) is 25.7 Å². The Hall–Kier alpha value is -0.903. The zero-order valence-corrected chi connectivity index (χ0v) is 20.1. The Morgan fingerprint density at radius 1 is 1.29 bits per heavy atom. The molecule has 2 atom stereocenters. The van der Waals surface area contributed by atoms with Gasteiger partial charge in [0.1, 0.15) is 17.5 Å². The van der Waals surface area contributed by atoms with Crippen molar-refractivity contribution < 1.29 is 14.0 Å². The lowest BCUT2D eigenvalue weighted by molar-refractivity contribution is 0.0898. The number of benzene rings is 1. The van der Waals surface area contributed by atoms with Crippen LogP contribution in [0.25, 0.3) is 11.0 Å². The lowest BCUT2D eigenvalue weighted by Gasteiger charge is -2.27. The first kappa shape index (κ1) is 23.4. The molecule has 6 nitrogen and oxygen atoms in total. The van der Waals surface area contributed by atoms with Crippen molar-refractivity contribution in [2.75, 3.05) is 20.3 Å². The van der Waals surface area contributed by atoms with Gasteiger partial charge in [-0.2, -0.15) is 0 Å². The molecule has 0 bridgehead atoms. The Bertz CT molecular complexity index is 755. The smallest absolute Gasteiger partial charge is 0.136 e.